The molecule has 0 aliphatic carbocycles. The molecule has 0 unspecified atom stereocenters. The van der Waals surface area contributed by atoms with Crippen LogP contribution in [0, 0.1) is 0 Å². The van der Waals surface area contributed by atoms with Crippen molar-refractivity contribution in [3.05, 3.63) is 68.5 Å². The summed E-state index contributed by atoms with van der Waals surface area (Å²) in [4.78, 5) is 40.8. The van der Waals surface area contributed by atoms with E-state index >= 15 is 0 Å². The molecule has 0 aliphatic heterocycles. The fraction of sp³-hybridized carbons (Fsp3) is 0.125. The van der Waals surface area contributed by atoms with Gasteiger partial charge in [-0.25, -0.2) is 4.98 Å². The van der Waals surface area contributed by atoms with Crippen molar-refractivity contribution in [3.63, 3.8) is 0 Å². The number of halogens is 1. The Bertz CT molecular complexity index is 981. The molecule has 0 atom stereocenters. The highest BCUT2D eigenvalue weighted by Crippen LogP contribution is 2.09. The summed E-state index contributed by atoms with van der Waals surface area (Å²) in [6.07, 6.45) is 2.83. The van der Waals surface area contributed by atoms with E-state index in [9.17, 15) is 14.4 Å². The van der Waals surface area contributed by atoms with Crippen molar-refractivity contribution in [1.29, 1.82) is 0 Å². The number of thiazole rings is 1. The molecule has 7 nitrogen and oxygen atoms in total. The first-order valence-corrected chi connectivity index (χ1v) is 8.59. The number of hydrogen-bond acceptors (Lipinski definition) is 5. The summed E-state index contributed by atoms with van der Waals surface area (Å²) < 4.78 is 1.32. The van der Waals surface area contributed by atoms with E-state index in [4.69, 9.17) is 11.6 Å². The van der Waals surface area contributed by atoms with Gasteiger partial charge in [-0.2, -0.15) is 0 Å². The molecule has 3 aromatic rings. The summed E-state index contributed by atoms with van der Waals surface area (Å²) in [6.45, 7) is 0.409. The normalized spacial score (nSPS) is 10.6. The number of rotatable bonds is 5. The molecular weight excluding hydrogens is 364 g/mol. The monoisotopic (exact) mass is 376 g/mol. The van der Waals surface area contributed by atoms with Gasteiger partial charge in [-0.15, -0.1) is 11.3 Å². The molecular formula is C16H13ClN4O3S. The highest BCUT2D eigenvalue weighted by Gasteiger charge is 2.13. The van der Waals surface area contributed by atoms with Crippen molar-refractivity contribution in [1.82, 2.24) is 20.0 Å². The summed E-state index contributed by atoms with van der Waals surface area (Å²) >= 11 is 7.08. The van der Waals surface area contributed by atoms with Gasteiger partial charge in [0.2, 0.25) is 0 Å². The van der Waals surface area contributed by atoms with Gasteiger partial charge in [-0.1, -0.05) is 11.6 Å². The first-order valence-electron chi connectivity index (χ1n) is 7.33. The van der Waals surface area contributed by atoms with Gasteiger partial charge in [0, 0.05) is 41.4 Å². The third kappa shape index (κ3) is 3.86. The largest absolute Gasteiger partial charge is 0.350 e. The molecule has 0 bridgehead atoms. The third-order valence-electron chi connectivity index (χ3n) is 3.39. The number of hydrogen-bond donors (Lipinski definition) is 2. The molecule has 9 heteroatoms. The standard InChI is InChI=1S/C16H13ClN4O3S/c17-11-3-1-10(2-4-11)13(22)18-5-6-19-14(23)12-9-20-16-21(15(12)24)7-8-25-16/h1-4,7-9H,5-6H2,(H,18,22)(H,19,23). The van der Waals surface area contributed by atoms with Crippen molar-refractivity contribution < 1.29 is 9.59 Å². The predicted octanol–water partition coefficient (Wildman–Crippen LogP) is 1.57. The lowest BCUT2D eigenvalue weighted by atomic mass is 10.2. The van der Waals surface area contributed by atoms with E-state index in [2.05, 4.69) is 15.6 Å². The van der Waals surface area contributed by atoms with Gasteiger partial charge in [0.1, 0.15) is 5.56 Å². The average molecular weight is 377 g/mol. The second kappa shape index (κ2) is 7.45. The summed E-state index contributed by atoms with van der Waals surface area (Å²) in [7, 11) is 0. The number of aromatic nitrogens is 2. The minimum Gasteiger partial charge on any atom is -0.350 e. The predicted molar refractivity (Wildman–Crippen MR) is 95.5 cm³/mol. The van der Waals surface area contributed by atoms with Crippen molar-refractivity contribution in [2.45, 2.75) is 0 Å². The Balaban J connectivity index is 1.53. The number of carbonyl (C=O) groups excluding carboxylic acids is 2. The van der Waals surface area contributed by atoms with Crippen LogP contribution in [0.2, 0.25) is 5.02 Å². The number of carbonyl (C=O) groups is 2. The van der Waals surface area contributed by atoms with Gasteiger partial charge < -0.3 is 10.6 Å². The molecule has 3 rings (SSSR count). The van der Waals surface area contributed by atoms with E-state index in [1.165, 1.54) is 21.9 Å². The summed E-state index contributed by atoms with van der Waals surface area (Å²) in [5.74, 6) is -0.800. The second-order valence-electron chi connectivity index (χ2n) is 5.05. The van der Waals surface area contributed by atoms with E-state index in [1.807, 2.05) is 0 Å². The van der Waals surface area contributed by atoms with E-state index in [-0.39, 0.29) is 24.6 Å². The molecule has 2 heterocycles. The molecule has 0 aliphatic rings. The van der Waals surface area contributed by atoms with Crippen LogP contribution in [0.3, 0.4) is 0 Å². The molecule has 0 radical (unpaired) electrons. The number of benzene rings is 1. The number of fused-ring (bicyclic) bond motifs is 1. The van der Waals surface area contributed by atoms with Gasteiger partial charge in [0.05, 0.1) is 0 Å². The highest BCUT2D eigenvalue weighted by atomic mass is 35.5. The van der Waals surface area contributed by atoms with Gasteiger partial charge >= 0.3 is 0 Å². The fourth-order valence-electron chi connectivity index (χ4n) is 2.13. The maximum atomic E-state index is 12.2. The minimum absolute atomic E-state index is 0.0417. The van der Waals surface area contributed by atoms with Crippen molar-refractivity contribution in [3.8, 4) is 0 Å². The molecule has 0 spiro atoms. The van der Waals surface area contributed by atoms with Crippen molar-refractivity contribution in [2.24, 2.45) is 0 Å². The summed E-state index contributed by atoms with van der Waals surface area (Å²) in [5.41, 5.74) is 0.00922. The van der Waals surface area contributed by atoms with Crippen LogP contribution in [0.15, 0.2) is 46.8 Å². The quantitative estimate of drug-likeness (QED) is 0.661. The Morgan fingerprint density at radius 1 is 1.12 bits per heavy atom. The zero-order valence-electron chi connectivity index (χ0n) is 12.9. The van der Waals surface area contributed by atoms with E-state index in [1.54, 1.807) is 35.8 Å². The Hall–Kier alpha value is -2.71. The lowest BCUT2D eigenvalue weighted by Gasteiger charge is -2.07. The van der Waals surface area contributed by atoms with Crippen molar-refractivity contribution in [2.75, 3.05) is 13.1 Å². The van der Waals surface area contributed by atoms with Crippen molar-refractivity contribution >= 4 is 39.7 Å². The fourth-order valence-corrected chi connectivity index (χ4v) is 2.93. The van der Waals surface area contributed by atoms with E-state index in [0.29, 0.717) is 15.5 Å². The molecule has 0 saturated carbocycles. The zero-order chi connectivity index (χ0) is 17.8. The first-order chi connectivity index (χ1) is 12.1. The van der Waals surface area contributed by atoms with Gasteiger partial charge in [-0.05, 0) is 24.3 Å². The molecule has 2 aromatic heterocycles. The summed E-state index contributed by atoms with van der Waals surface area (Å²) in [5, 5.41) is 7.53. The zero-order valence-corrected chi connectivity index (χ0v) is 14.4. The number of amides is 2. The number of nitrogens with zero attached hydrogens (tertiary/aromatic N) is 2. The second-order valence-corrected chi connectivity index (χ2v) is 6.36. The van der Waals surface area contributed by atoms with Crippen LogP contribution in [0.25, 0.3) is 4.96 Å². The molecule has 128 valence electrons. The average Bonchev–Trinajstić information content (AvgIpc) is 3.09. The minimum atomic E-state index is -0.529. The van der Waals surface area contributed by atoms with Crippen LogP contribution in [0.1, 0.15) is 20.7 Å². The highest BCUT2D eigenvalue weighted by molar-refractivity contribution is 7.15. The Labute approximate surface area is 151 Å². The molecule has 0 saturated heterocycles. The van der Waals surface area contributed by atoms with Gasteiger partial charge in [0.25, 0.3) is 17.4 Å². The van der Waals surface area contributed by atoms with Crippen LogP contribution >= 0.6 is 22.9 Å². The maximum absolute atomic E-state index is 12.2. The topological polar surface area (TPSA) is 92.6 Å². The van der Waals surface area contributed by atoms with Gasteiger partial charge in [0.15, 0.2) is 4.96 Å². The Morgan fingerprint density at radius 3 is 2.52 bits per heavy atom. The van der Waals surface area contributed by atoms with Crippen LogP contribution in [-0.4, -0.2) is 34.3 Å². The molecule has 0 fully saturated rings. The van der Waals surface area contributed by atoms with Crippen LogP contribution in [-0.2, 0) is 0 Å². The van der Waals surface area contributed by atoms with Gasteiger partial charge in [-0.3, -0.25) is 18.8 Å². The summed E-state index contributed by atoms with van der Waals surface area (Å²) in [6, 6.07) is 6.47. The van der Waals surface area contributed by atoms with Crippen LogP contribution in [0.4, 0.5) is 0 Å². The lowest BCUT2D eigenvalue weighted by molar-refractivity contribution is 0.0926. The number of nitrogens with one attached hydrogen (secondary N) is 2. The Kier molecular flexibility index (Phi) is 5.11. The van der Waals surface area contributed by atoms with E-state index < -0.39 is 11.5 Å². The smallest absolute Gasteiger partial charge is 0.271 e. The third-order valence-corrected chi connectivity index (χ3v) is 4.41. The van der Waals surface area contributed by atoms with Crippen LogP contribution < -0.4 is 16.2 Å². The van der Waals surface area contributed by atoms with Crippen LogP contribution in [0.5, 0.6) is 0 Å². The van der Waals surface area contributed by atoms with E-state index in [0.717, 1.165) is 0 Å². The molecule has 25 heavy (non-hydrogen) atoms. The molecule has 2 N–H and O–H groups in total. The first kappa shape index (κ1) is 17.1. The maximum Gasteiger partial charge on any atom is 0.271 e. The molecule has 1 aromatic carbocycles. The SMILES string of the molecule is O=C(NCCNC(=O)c1cnc2sccn2c1=O)c1ccc(Cl)cc1. The molecule has 2 amide bonds. The lowest BCUT2D eigenvalue weighted by Crippen LogP contribution is -2.37. The Morgan fingerprint density at radius 2 is 1.80 bits per heavy atom.